The van der Waals surface area contributed by atoms with Crippen molar-refractivity contribution in [2.45, 2.75) is 4.21 Å². The molecule has 0 saturated heterocycles. The number of aromatic nitrogens is 1. The molecule has 0 radical (unpaired) electrons. The van der Waals surface area contributed by atoms with Crippen LogP contribution in [0.3, 0.4) is 0 Å². The predicted octanol–water partition coefficient (Wildman–Crippen LogP) is 1.18. The Morgan fingerprint density at radius 2 is 2.10 bits per heavy atom. The summed E-state index contributed by atoms with van der Waals surface area (Å²) in [7, 11) is -3.87. The molecule has 102 valence electrons. The first-order valence-corrected chi connectivity index (χ1v) is 7.89. The minimum absolute atomic E-state index is 0.116. The largest absolute Gasteiger partial charge is 0.364 e. The number of hydrogen-bond acceptors (Lipinski definition) is 5. The summed E-state index contributed by atoms with van der Waals surface area (Å²) in [5.74, 6) is -0.687. The summed E-state index contributed by atoms with van der Waals surface area (Å²) < 4.78 is 26.3. The van der Waals surface area contributed by atoms with E-state index in [-0.39, 0.29) is 15.7 Å². The van der Waals surface area contributed by atoms with Crippen LogP contribution in [-0.4, -0.2) is 19.3 Å². The van der Waals surface area contributed by atoms with Gasteiger partial charge in [0.2, 0.25) is 0 Å². The zero-order valence-corrected chi connectivity index (χ0v) is 11.7. The fourth-order valence-corrected chi connectivity index (χ4v) is 4.76. The van der Waals surface area contributed by atoms with Gasteiger partial charge in [0.25, 0.3) is 15.9 Å². The van der Waals surface area contributed by atoms with Crippen LogP contribution in [0.4, 0.5) is 5.82 Å². The third-order valence-corrected chi connectivity index (χ3v) is 5.97. The molecule has 1 aliphatic rings. The highest BCUT2D eigenvalue weighted by Crippen LogP contribution is 2.37. The fourth-order valence-electron chi connectivity index (χ4n) is 1.93. The van der Waals surface area contributed by atoms with E-state index >= 15 is 0 Å². The van der Waals surface area contributed by atoms with E-state index in [2.05, 4.69) is 4.98 Å². The standard InChI is InChI=1S/C12H9N3O3S2/c13-11(16)9-7-8-4-6-19-12(8)20(17,18)15(9)10-3-1-2-5-14-10/h1-7H,(H2,13,16). The maximum absolute atomic E-state index is 12.6. The maximum atomic E-state index is 12.6. The van der Waals surface area contributed by atoms with Crippen LogP contribution in [0.2, 0.25) is 0 Å². The molecule has 2 aromatic rings. The number of nitrogens with two attached hydrogens (primary N) is 1. The number of carbonyl (C=O) groups is 1. The SMILES string of the molecule is NC(=O)C1=Cc2ccsc2S(=O)(=O)N1c1ccccn1. The van der Waals surface area contributed by atoms with E-state index in [4.69, 9.17) is 5.73 Å². The molecule has 3 heterocycles. The summed E-state index contributed by atoms with van der Waals surface area (Å²) in [6, 6.07) is 6.44. The van der Waals surface area contributed by atoms with Crippen molar-refractivity contribution in [2.24, 2.45) is 5.73 Å². The Balaban J connectivity index is 2.29. The molecular weight excluding hydrogens is 298 g/mol. The molecule has 1 amide bonds. The lowest BCUT2D eigenvalue weighted by atomic mass is 10.2. The van der Waals surface area contributed by atoms with Crippen molar-refractivity contribution in [1.82, 2.24) is 4.98 Å². The molecule has 20 heavy (non-hydrogen) atoms. The third-order valence-electron chi connectivity index (χ3n) is 2.75. The van der Waals surface area contributed by atoms with Crippen LogP contribution in [0.5, 0.6) is 0 Å². The fraction of sp³-hybridized carbons (Fsp3) is 0. The van der Waals surface area contributed by atoms with Crippen LogP contribution in [-0.2, 0) is 14.8 Å². The van der Waals surface area contributed by atoms with Crippen molar-refractivity contribution in [3.63, 3.8) is 0 Å². The number of hydrogen-bond donors (Lipinski definition) is 1. The molecule has 0 unspecified atom stereocenters. The molecule has 6 nitrogen and oxygen atoms in total. The number of sulfonamides is 1. The molecule has 0 fully saturated rings. The van der Waals surface area contributed by atoms with Gasteiger partial charge >= 0.3 is 0 Å². The highest BCUT2D eigenvalue weighted by Gasteiger charge is 2.37. The van der Waals surface area contributed by atoms with Gasteiger partial charge in [0.1, 0.15) is 15.7 Å². The Morgan fingerprint density at radius 3 is 2.75 bits per heavy atom. The van der Waals surface area contributed by atoms with Gasteiger partial charge in [0.05, 0.1) is 0 Å². The first-order valence-electron chi connectivity index (χ1n) is 5.57. The highest BCUT2D eigenvalue weighted by molar-refractivity contribution is 7.95. The Morgan fingerprint density at radius 1 is 1.30 bits per heavy atom. The molecule has 8 heteroatoms. The molecule has 3 rings (SSSR count). The lowest BCUT2D eigenvalue weighted by molar-refractivity contribution is -0.114. The van der Waals surface area contributed by atoms with Crippen molar-refractivity contribution >= 4 is 39.2 Å². The number of fused-ring (bicyclic) bond motifs is 1. The minimum Gasteiger partial charge on any atom is -0.364 e. The Labute approximate surface area is 119 Å². The van der Waals surface area contributed by atoms with Crippen molar-refractivity contribution < 1.29 is 13.2 Å². The average molecular weight is 307 g/mol. The molecule has 0 bridgehead atoms. The summed E-state index contributed by atoms with van der Waals surface area (Å²) in [6.45, 7) is 0. The van der Waals surface area contributed by atoms with E-state index in [1.807, 2.05) is 0 Å². The van der Waals surface area contributed by atoms with Crippen LogP contribution < -0.4 is 10.0 Å². The molecule has 2 N–H and O–H groups in total. The van der Waals surface area contributed by atoms with Gasteiger partial charge in [-0.1, -0.05) is 6.07 Å². The van der Waals surface area contributed by atoms with Gasteiger partial charge in [-0.25, -0.2) is 9.29 Å². The Bertz CT molecular complexity index is 809. The van der Waals surface area contributed by atoms with Crippen LogP contribution in [0.15, 0.2) is 45.7 Å². The van der Waals surface area contributed by atoms with E-state index in [0.717, 1.165) is 15.6 Å². The minimum atomic E-state index is -3.87. The number of rotatable bonds is 2. The normalized spacial score (nSPS) is 16.4. The van der Waals surface area contributed by atoms with Crippen molar-refractivity contribution in [1.29, 1.82) is 0 Å². The van der Waals surface area contributed by atoms with E-state index < -0.39 is 15.9 Å². The molecule has 1 aliphatic heterocycles. The van der Waals surface area contributed by atoms with E-state index in [1.54, 1.807) is 23.6 Å². The van der Waals surface area contributed by atoms with Gasteiger partial charge in [-0.3, -0.25) is 4.79 Å². The first kappa shape index (κ1) is 12.8. The number of thiophene rings is 1. The van der Waals surface area contributed by atoms with Gasteiger partial charge in [0.15, 0.2) is 0 Å². The van der Waals surface area contributed by atoms with Gasteiger partial charge in [0, 0.05) is 11.8 Å². The summed E-state index contributed by atoms with van der Waals surface area (Å²) in [5.41, 5.74) is 5.66. The van der Waals surface area contributed by atoms with Gasteiger partial charge in [-0.05, 0) is 29.7 Å². The molecule has 0 atom stereocenters. The van der Waals surface area contributed by atoms with Crippen LogP contribution in [0, 0.1) is 0 Å². The lowest BCUT2D eigenvalue weighted by Crippen LogP contribution is -2.38. The molecule has 0 aliphatic carbocycles. The zero-order valence-electron chi connectivity index (χ0n) is 10.1. The van der Waals surface area contributed by atoms with Gasteiger partial charge in [-0.2, -0.15) is 8.42 Å². The van der Waals surface area contributed by atoms with Crippen molar-refractivity contribution in [3.8, 4) is 0 Å². The summed E-state index contributed by atoms with van der Waals surface area (Å²) >= 11 is 1.09. The summed E-state index contributed by atoms with van der Waals surface area (Å²) in [6.07, 6.45) is 2.91. The van der Waals surface area contributed by atoms with E-state index in [9.17, 15) is 13.2 Å². The lowest BCUT2D eigenvalue weighted by Gasteiger charge is -2.26. The predicted molar refractivity (Wildman–Crippen MR) is 75.4 cm³/mol. The van der Waals surface area contributed by atoms with Crippen molar-refractivity contribution in [2.75, 3.05) is 4.31 Å². The molecular formula is C12H9N3O3S2. The zero-order chi connectivity index (χ0) is 14.3. The number of anilines is 1. The maximum Gasteiger partial charge on any atom is 0.280 e. The number of carbonyl (C=O) groups excluding carboxylic acids is 1. The quantitative estimate of drug-likeness (QED) is 0.901. The smallest absolute Gasteiger partial charge is 0.280 e. The second-order valence-corrected chi connectivity index (χ2v) is 6.91. The van der Waals surface area contributed by atoms with Crippen LogP contribution >= 0.6 is 11.3 Å². The van der Waals surface area contributed by atoms with Gasteiger partial charge in [-0.15, -0.1) is 11.3 Å². The number of primary amides is 1. The number of nitrogens with zero attached hydrogens (tertiary/aromatic N) is 2. The Kier molecular flexibility index (Phi) is 2.84. The second kappa shape index (κ2) is 4.43. The first-order chi connectivity index (χ1) is 9.51. The topological polar surface area (TPSA) is 93.4 Å². The number of pyridine rings is 1. The second-order valence-electron chi connectivity index (χ2n) is 4.01. The third kappa shape index (κ3) is 1.81. The monoisotopic (exact) mass is 307 g/mol. The molecule has 0 aromatic carbocycles. The molecule has 2 aromatic heterocycles. The average Bonchev–Trinajstić information content (AvgIpc) is 2.88. The van der Waals surface area contributed by atoms with E-state index in [0.29, 0.717) is 5.56 Å². The van der Waals surface area contributed by atoms with Crippen LogP contribution in [0.25, 0.3) is 6.08 Å². The summed E-state index contributed by atoms with van der Waals surface area (Å²) in [4.78, 5) is 15.6. The van der Waals surface area contributed by atoms with E-state index in [1.165, 1.54) is 18.3 Å². The Hall–Kier alpha value is -2.19. The molecule has 0 saturated carbocycles. The van der Waals surface area contributed by atoms with Gasteiger partial charge < -0.3 is 5.73 Å². The molecule has 0 spiro atoms. The highest BCUT2D eigenvalue weighted by atomic mass is 32.2. The number of amides is 1. The van der Waals surface area contributed by atoms with Crippen LogP contribution in [0.1, 0.15) is 5.56 Å². The summed E-state index contributed by atoms with van der Waals surface area (Å²) in [5, 5.41) is 1.65. The van der Waals surface area contributed by atoms with Crippen molar-refractivity contribution in [3.05, 3.63) is 47.1 Å².